The van der Waals surface area contributed by atoms with Gasteiger partial charge in [0.05, 0.1) is 5.60 Å². The van der Waals surface area contributed by atoms with Gasteiger partial charge in [0.15, 0.2) is 0 Å². The number of nitrogens with two attached hydrogens (primary N) is 1. The minimum Gasteiger partial charge on any atom is -0.389 e. The fraction of sp³-hybridized carbons (Fsp3) is 1.00. The molecule has 0 aliphatic heterocycles. The second-order valence-electron chi connectivity index (χ2n) is 5.76. The highest BCUT2D eigenvalue weighted by Crippen LogP contribution is 2.22. The Bertz CT molecular complexity index is 156. The third kappa shape index (κ3) is 9.90. The van der Waals surface area contributed by atoms with Crippen LogP contribution in [-0.4, -0.2) is 17.3 Å². The Morgan fingerprint density at radius 1 is 0.722 bits per heavy atom. The molecule has 0 rings (SSSR count). The molecule has 0 aromatic heterocycles. The quantitative estimate of drug-likeness (QED) is 0.480. The van der Waals surface area contributed by atoms with E-state index in [4.69, 9.17) is 5.73 Å². The highest BCUT2D eigenvalue weighted by Gasteiger charge is 2.23. The van der Waals surface area contributed by atoms with E-state index in [1.807, 2.05) is 0 Å². The molecule has 0 atom stereocenters. The molecule has 18 heavy (non-hydrogen) atoms. The molecule has 0 saturated heterocycles. The lowest BCUT2D eigenvalue weighted by Gasteiger charge is -2.26. The number of aliphatic hydroxyl groups is 1. The Morgan fingerprint density at radius 2 is 1.11 bits per heavy atom. The maximum atomic E-state index is 10.4. The van der Waals surface area contributed by atoms with Crippen molar-refractivity contribution in [2.75, 3.05) is 6.54 Å². The van der Waals surface area contributed by atoms with Crippen LogP contribution in [0, 0.1) is 0 Å². The molecule has 0 radical (unpaired) electrons. The van der Waals surface area contributed by atoms with Crippen molar-refractivity contribution in [2.24, 2.45) is 5.73 Å². The van der Waals surface area contributed by atoms with Crippen LogP contribution in [0.4, 0.5) is 0 Å². The average Bonchev–Trinajstić information content (AvgIpc) is 2.38. The first-order valence-corrected chi connectivity index (χ1v) is 8.11. The van der Waals surface area contributed by atoms with E-state index >= 15 is 0 Å². The molecule has 3 N–H and O–H groups in total. The molecule has 110 valence electrons. The molecule has 0 aliphatic carbocycles. The van der Waals surface area contributed by atoms with E-state index in [0.29, 0.717) is 6.54 Å². The van der Waals surface area contributed by atoms with E-state index in [1.165, 1.54) is 51.4 Å². The SMILES string of the molecule is CCCCCCCC(O)(CN)CCCCCCC. The molecule has 0 fully saturated rings. The molecule has 0 saturated carbocycles. The van der Waals surface area contributed by atoms with Gasteiger partial charge in [0, 0.05) is 6.54 Å². The van der Waals surface area contributed by atoms with Crippen LogP contribution >= 0.6 is 0 Å². The summed E-state index contributed by atoms with van der Waals surface area (Å²) in [6.07, 6.45) is 14.3. The largest absolute Gasteiger partial charge is 0.389 e. The van der Waals surface area contributed by atoms with Crippen molar-refractivity contribution in [3.63, 3.8) is 0 Å². The zero-order valence-electron chi connectivity index (χ0n) is 12.7. The van der Waals surface area contributed by atoms with Crippen LogP contribution in [0.3, 0.4) is 0 Å². The van der Waals surface area contributed by atoms with Crippen LogP contribution < -0.4 is 5.73 Å². The van der Waals surface area contributed by atoms with Crippen molar-refractivity contribution < 1.29 is 5.11 Å². The first-order chi connectivity index (χ1) is 8.68. The third-order valence-corrected chi connectivity index (χ3v) is 3.87. The number of hydrogen-bond acceptors (Lipinski definition) is 2. The normalized spacial score (nSPS) is 12.0. The summed E-state index contributed by atoms with van der Waals surface area (Å²) >= 11 is 0. The zero-order valence-corrected chi connectivity index (χ0v) is 12.7. The highest BCUT2D eigenvalue weighted by molar-refractivity contribution is 4.79. The lowest BCUT2D eigenvalue weighted by molar-refractivity contribution is 0.0264. The molecule has 0 spiro atoms. The number of unbranched alkanes of at least 4 members (excludes halogenated alkanes) is 8. The van der Waals surface area contributed by atoms with E-state index in [0.717, 1.165) is 25.7 Å². The van der Waals surface area contributed by atoms with Crippen molar-refractivity contribution in [1.82, 2.24) is 0 Å². The Morgan fingerprint density at radius 3 is 1.44 bits per heavy atom. The number of rotatable bonds is 13. The van der Waals surface area contributed by atoms with Gasteiger partial charge in [-0.1, -0.05) is 78.1 Å². The summed E-state index contributed by atoms with van der Waals surface area (Å²) in [6, 6.07) is 0. The molecule has 0 aromatic rings. The third-order valence-electron chi connectivity index (χ3n) is 3.87. The zero-order chi connectivity index (χ0) is 13.7. The molecule has 2 nitrogen and oxygen atoms in total. The van der Waals surface area contributed by atoms with E-state index in [2.05, 4.69) is 13.8 Å². The van der Waals surface area contributed by atoms with Crippen molar-refractivity contribution in [2.45, 2.75) is 96.5 Å². The summed E-state index contributed by atoms with van der Waals surface area (Å²) < 4.78 is 0. The van der Waals surface area contributed by atoms with Crippen LogP contribution in [0.2, 0.25) is 0 Å². The smallest absolute Gasteiger partial charge is 0.0769 e. The standard InChI is InChI=1S/C16H35NO/c1-3-5-7-9-11-13-16(18,15-17)14-12-10-8-6-4-2/h18H,3-15,17H2,1-2H3. The van der Waals surface area contributed by atoms with Gasteiger partial charge in [-0.05, 0) is 12.8 Å². The maximum Gasteiger partial charge on any atom is 0.0769 e. The lowest BCUT2D eigenvalue weighted by Crippen LogP contribution is -2.37. The second kappa shape index (κ2) is 12.0. The fourth-order valence-electron chi connectivity index (χ4n) is 2.44. The predicted octanol–water partition coefficient (Wildman–Crippen LogP) is 4.40. The van der Waals surface area contributed by atoms with Gasteiger partial charge in [-0.15, -0.1) is 0 Å². The fourth-order valence-corrected chi connectivity index (χ4v) is 2.44. The van der Waals surface area contributed by atoms with Crippen LogP contribution in [0.15, 0.2) is 0 Å². The summed E-state index contributed by atoms with van der Waals surface area (Å²) in [5, 5.41) is 10.4. The Kier molecular flexibility index (Phi) is 11.9. The summed E-state index contributed by atoms with van der Waals surface area (Å²) in [7, 11) is 0. The first kappa shape index (κ1) is 17.9. The van der Waals surface area contributed by atoms with Crippen LogP contribution in [0.25, 0.3) is 0 Å². The van der Waals surface area contributed by atoms with Crippen molar-refractivity contribution in [3.05, 3.63) is 0 Å². The van der Waals surface area contributed by atoms with Gasteiger partial charge in [-0.3, -0.25) is 0 Å². The lowest BCUT2D eigenvalue weighted by atomic mass is 9.90. The van der Waals surface area contributed by atoms with Crippen LogP contribution in [0.1, 0.15) is 90.9 Å². The molecule has 0 heterocycles. The molecular formula is C16H35NO. The number of hydrogen-bond donors (Lipinski definition) is 2. The first-order valence-electron chi connectivity index (χ1n) is 8.11. The topological polar surface area (TPSA) is 46.2 Å². The van der Waals surface area contributed by atoms with Gasteiger partial charge >= 0.3 is 0 Å². The molecule has 0 aliphatic rings. The summed E-state index contributed by atoms with van der Waals surface area (Å²) in [5.41, 5.74) is 5.15. The molecule has 0 amide bonds. The van der Waals surface area contributed by atoms with E-state index in [-0.39, 0.29) is 0 Å². The minimum absolute atomic E-state index is 0.425. The van der Waals surface area contributed by atoms with E-state index < -0.39 is 5.60 Å². The predicted molar refractivity (Wildman–Crippen MR) is 80.8 cm³/mol. The Hall–Kier alpha value is -0.0800. The van der Waals surface area contributed by atoms with Gasteiger partial charge in [0.2, 0.25) is 0 Å². The molecule has 0 aromatic carbocycles. The Labute approximate surface area is 114 Å². The summed E-state index contributed by atoms with van der Waals surface area (Å²) in [6.45, 7) is 4.88. The highest BCUT2D eigenvalue weighted by atomic mass is 16.3. The summed E-state index contributed by atoms with van der Waals surface area (Å²) in [5.74, 6) is 0. The molecule has 2 heteroatoms. The average molecular weight is 257 g/mol. The van der Waals surface area contributed by atoms with Gasteiger partial charge in [-0.2, -0.15) is 0 Å². The van der Waals surface area contributed by atoms with Gasteiger partial charge in [0.1, 0.15) is 0 Å². The van der Waals surface area contributed by atoms with Crippen molar-refractivity contribution in [1.29, 1.82) is 0 Å². The minimum atomic E-state index is -0.585. The molecule has 0 unspecified atom stereocenters. The van der Waals surface area contributed by atoms with E-state index in [9.17, 15) is 5.11 Å². The molecule has 0 bridgehead atoms. The van der Waals surface area contributed by atoms with Gasteiger partial charge in [-0.25, -0.2) is 0 Å². The second-order valence-corrected chi connectivity index (χ2v) is 5.76. The van der Waals surface area contributed by atoms with Crippen LogP contribution in [-0.2, 0) is 0 Å². The van der Waals surface area contributed by atoms with E-state index in [1.54, 1.807) is 0 Å². The summed E-state index contributed by atoms with van der Waals surface area (Å²) in [4.78, 5) is 0. The monoisotopic (exact) mass is 257 g/mol. The molecular weight excluding hydrogens is 222 g/mol. The maximum absolute atomic E-state index is 10.4. The van der Waals surface area contributed by atoms with Gasteiger partial charge < -0.3 is 10.8 Å². The Balaban J connectivity index is 3.60. The van der Waals surface area contributed by atoms with Crippen molar-refractivity contribution >= 4 is 0 Å². The van der Waals surface area contributed by atoms with Crippen molar-refractivity contribution in [3.8, 4) is 0 Å². The van der Waals surface area contributed by atoms with Gasteiger partial charge in [0.25, 0.3) is 0 Å². The van der Waals surface area contributed by atoms with Crippen LogP contribution in [0.5, 0.6) is 0 Å².